The summed E-state index contributed by atoms with van der Waals surface area (Å²) < 4.78 is 2.01. The molecule has 2 atom stereocenters. The Morgan fingerprint density at radius 1 is 1.28 bits per heavy atom. The van der Waals surface area contributed by atoms with Crippen molar-refractivity contribution in [3.63, 3.8) is 0 Å². The van der Waals surface area contributed by atoms with E-state index in [9.17, 15) is 0 Å². The highest BCUT2D eigenvalue weighted by Gasteiger charge is 2.22. The number of unbranched alkanes of at least 4 members (excludes halogenated alkanes) is 1. The molecule has 1 aromatic heterocycles. The summed E-state index contributed by atoms with van der Waals surface area (Å²) in [6.45, 7) is 10.8. The Kier molecular flexibility index (Phi) is 6.94. The Balaban J connectivity index is 2.76. The van der Waals surface area contributed by atoms with Crippen molar-refractivity contribution in [3.05, 3.63) is 12.2 Å². The lowest BCUT2D eigenvalue weighted by molar-refractivity contribution is 0.332. The highest BCUT2D eigenvalue weighted by atomic mass is 15.3. The van der Waals surface area contributed by atoms with Gasteiger partial charge in [0.05, 0.1) is 6.04 Å². The minimum atomic E-state index is 0.332. The van der Waals surface area contributed by atoms with Crippen LogP contribution in [0.3, 0.4) is 0 Å². The van der Waals surface area contributed by atoms with Crippen LogP contribution < -0.4 is 5.32 Å². The number of hydrogen-bond donors (Lipinski definition) is 1. The second kappa shape index (κ2) is 8.25. The van der Waals surface area contributed by atoms with E-state index in [0.29, 0.717) is 12.0 Å². The van der Waals surface area contributed by atoms with Gasteiger partial charge < -0.3 is 5.32 Å². The van der Waals surface area contributed by atoms with Gasteiger partial charge in [0.15, 0.2) is 0 Å². The summed E-state index contributed by atoms with van der Waals surface area (Å²) in [5.74, 6) is 1.69. The molecule has 1 aromatic rings. The lowest BCUT2D eigenvalue weighted by Crippen LogP contribution is -2.30. The summed E-state index contributed by atoms with van der Waals surface area (Å²) in [6.07, 6.45) is 6.61. The van der Waals surface area contributed by atoms with Gasteiger partial charge in [0.2, 0.25) is 0 Å². The molecule has 0 bridgehead atoms. The van der Waals surface area contributed by atoms with Gasteiger partial charge in [-0.1, -0.05) is 33.6 Å². The Morgan fingerprint density at radius 3 is 2.67 bits per heavy atom. The van der Waals surface area contributed by atoms with Crippen LogP contribution in [0.1, 0.15) is 65.2 Å². The van der Waals surface area contributed by atoms with Crippen molar-refractivity contribution in [2.24, 2.45) is 5.92 Å². The lowest BCUT2D eigenvalue weighted by atomic mass is 9.95. The van der Waals surface area contributed by atoms with Crippen molar-refractivity contribution >= 4 is 0 Å². The van der Waals surface area contributed by atoms with Crippen LogP contribution in [-0.2, 0) is 6.54 Å². The maximum Gasteiger partial charge on any atom is 0.144 e. The highest BCUT2D eigenvalue weighted by molar-refractivity contribution is 4.96. The Labute approximate surface area is 111 Å². The molecule has 0 amide bonds. The zero-order valence-electron chi connectivity index (χ0n) is 12.3. The van der Waals surface area contributed by atoms with E-state index in [2.05, 4.69) is 43.1 Å². The predicted octanol–water partition coefficient (Wildman–Crippen LogP) is 3.17. The molecule has 1 rings (SSSR count). The van der Waals surface area contributed by atoms with Gasteiger partial charge in [0.1, 0.15) is 12.2 Å². The number of nitrogens with zero attached hydrogens (tertiary/aromatic N) is 3. The zero-order chi connectivity index (χ0) is 13.4. The molecule has 4 nitrogen and oxygen atoms in total. The van der Waals surface area contributed by atoms with Crippen LogP contribution in [0.2, 0.25) is 0 Å². The molecule has 0 aliphatic carbocycles. The van der Waals surface area contributed by atoms with E-state index >= 15 is 0 Å². The van der Waals surface area contributed by atoms with Gasteiger partial charge in [-0.25, -0.2) is 9.67 Å². The van der Waals surface area contributed by atoms with Gasteiger partial charge in [-0.3, -0.25) is 0 Å². The van der Waals surface area contributed by atoms with Crippen LogP contribution >= 0.6 is 0 Å². The molecule has 2 unspecified atom stereocenters. The fourth-order valence-corrected chi connectivity index (χ4v) is 2.30. The third-order valence-corrected chi connectivity index (χ3v) is 3.42. The van der Waals surface area contributed by atoms with Crippen LogP contribution in [0.5, 0.6) is 0 Å². The molecule has 0 aromatic carbocycles. The number of hydrogen-bond acceptors (Lipinski definition) is 3. The standard InChI is InChI=1S/C14H28N4/c1-5-8-9-12(4)13(15-10-6-2)14-16-11-17-18(14)7-3/h11-13,15H,5-10H2,1-4H3. The largest absolute Gasteiger partial charge is 0.307 e. The lowest BCUT2D eigenvalue weighted by Gasteiger charge is -2.24. The fourth-order valence-electron chi connectivity index (χ4n) is 2.30. The average molecular weight is 252 g/mol. The number of aromatic nitrogens is 3. The van der Waals surface area contributed by atoms with Crippen molar-refractivity contribution in [2.45, 2.75) is 66.0 Å². The van der Waals surface area contributed by atoms with Crippen molar-refractivity contribution in [1.29, 1.82) is 0 Å². The Bertz CT molecular complexity index is 321. The van der Waals surface area contributed by atoms with Gasteiger partial charge in [0.25, 0.3) is 0 Å². The first kappa shape index (κ1) is 15.2. The topological polar surface area (TPSA) is 42.7 Å². The molecule has 1 N–H and O–H groups in total. The second-order valence-corrected chi connectivity index (χ2v) is 4.99. The number of rotatable bonds is 9. The molecule has 0 fully saturated rings. The maximum atomic E-state index is 4.46. The van der Waals surface area contributed by atoms with Crippen molar-refractivity contribution in [3.8, 4) is 0 Å². The van der Waals surface area contributed by atoms with Crippen molar-refractivity contribution < 1.29 is 0 Å². The van der Waals surface area contributed by atoms with E-state index in [1.807, 2.05) is 4.68 Å². The van der Waals surface area contributed by atoms with E-state index < -0.39 is 0 Å². The van der Waals surface area contributed by atoms with Crippen molar-refractivity contribution in [1.82, 2.24) is 20.1 Å². The SMILES string of the molecule is CCCCC(C)C(NCCC)c1ncnn1CC. The molecule has 18 heavy (non-hydrogen) atoms. The molecule has 0 saturated carbocycles. The molecule has 0 saturated heterocycles. The van der Waals surface area contributed by atoms with E-state index in [4.69, 9.17) is 0 Å². The Morgan fingerprint density at radius 2 is 2.06 bits per heavy atom. The van der Waals surface area contributed by atoms with Crippen LogP contribution in [0.25, 0.3) is 0 Å². The van der Waals surface area contributed by atoms with Crippen LogP contribution in [0, 0.1) is 5.92 Å². The first-order valence-electron chi connectivity index (χ1n) is 7.35. The summed E-state index contributed by atoms with van der Waals surface area (Å²) in [5.41, 5.74) is 0. The molecule has 0 radical (unpaired) electrons. The molecule has 0 aliphatic heterocycles. The van der Waals surface area contributed by atoms with Gasteiger partial charge in [0, 0.05) is 6.54 Å². The molecule has 0 aliphatic rings. The zero-order valence-corrected chi connectivity index (χ0v) is 12.3. The summed E-state index contributed by atoms with van der Waals surface area (Å²) in [6, 6.07) is 0.332. The van der Waals surface area contributed by atoms with E-state index in [0.717, 1.165) is 25.3 Å². The molecule has 104 valence electrons. The fraction of sp³-hybridized carbons (Fsp3) is 0.857. The van der Waals surface area contributed by atoms with E-state index in [-0.39, 0.29) is 0 Å². The quantitative estimate of drug-likeness (QED) is 0.734. The summed E-state index contributed by atoms with van der Waals surface area (Å²) in [7, 11) is 0. The molecule has 0 spiro atoms. The highest BCUT2D eigenvalue weighted by Crippen LogP contribution is 2.24. The first-order valence-corrected chi connectivity index (χ1v) is 7.35. The van der Waals surface area contributed by atoms with Crippen LogP contribution in [0.15, 0.2) is 6.33 Å². The summed E-state index contributed by atoms with van der Waals surface area (Å²) >= 11 is 0. The normalized spacial score (nSPS) is 14.7. The van der Waals surface area contributed by atoms with Crippen LogP contribution in [0.4, 0.5) is 0 Å². The smallest absolute Gasteiger partial charge is 0.144 e. The van der Waals surface area contributed by atoms with E-state index in [1.165, 1.54) is 19.3 Å². The number of nitrogens with one attached hydrogen (secondary N) is 1. The summed E-state index contributed by atoms with van der Waals surface area (Å²) in [5, 5.41) is 7.92. The molecular formula is C14H28N4. The third-order valence-electron chi connectivity index (χ3n) is 3.42. The monoisotopic (exact) mass is 252 g/mol. The first-order chi connectivity index (χ1) is 8.74. The average Bonchev–Trinajstić information content (AvgIpc) is 2.85. The Hall–Kier alpha value is -0.900. The van der Waals surface area contributed by atoms with Gasteiger partial charge in [-0.05, 0) is 32.2 Å². The van der Waals surface area contributed by atoms with Crippen LogP contribution in [-0.4, -0.2) is 21.3 Å². The summed E-state index contributed by atoms with van der Waals surface area (Å²) in [4.78, 5) is 4.46. The third kappa shape index (κ3) is 4.09. The molecule has 4 heteroatoms. The van der Waals surface area contributed by atoms with Crippen molar-refractivity contribution in [2.75, 3.05) is 6.54 Å². The van der Waals surface area contributed by atoms with Gasteiger partial charge in [-0.15, -0.1) is 0 Å². The minimum Gasteiger partial charge on any atom is -0.307 e. The minimum absolute atomic E-state index is 0.332. The molecular weight excluding hydrogens is 224 g/mol. The number of aryl methyl sites for hydroxylation is 1. The second-order valence-electron chi connectivity index (χ2n) is 4.99. The maximum absolute atomic E-state index is 4.46. The molecule has 1 heterocycles. The predicted molar refractivity (Wildman–Crippen MR) is 75.4 cm³/mol. The van der Waals surface area contributed by atoms with E-state index in [1.54, 1.807) is 6.33 Å². The van der Waals surface area contributed by atoms with Gasteiger partial charge in [-0.2, -0.15) is 5.10 Å². The van der Waals surface area contributed by atoms with Gasteiger partial charge >= 0.3 is 0 Å².